The van der Waals surface area contributed by atoms with Crippen molar-refractivity contribution in [1.29, 1.82) is 0 Å². The van der Waals surface area contributed by atoms with Gasteiger partial charge in [-0.15, -0.1) is 0 Å². The van der Waals surface area contributed by atoms with Crippen molar-refractivity contribution in [2.45, 2.75) is 76.3 Å². The van der Waals surface area contributed by atoms with Crippen LogP contribution < -0.4 is 20.7 Å². The van der Waals surface area contributed by atoms with E-state index in [0.717, 1.165) is 16.7 Å². The molecule has 1 aromatic heterocycles. The van der Waals surface area contributed by atoms with E-state index in [0.29, 0.717) is 17.1 Å². The molecule has 4 aromatic rings. The first-order valence-corrected chi connectivity index (χ1v) is 19.9. The molecular weight excluding hydrogens is 669 g/mol. The molecule has 2 N–H and O–H groups in total. The van der Waals surface area contributed by atoms with Crippen LogP contribution >= 0.6 is 0 Å². The zero-order valence-corrected chi connectivity index (χ0v) is 31.5. The lowest BCUT2D eigenvalue weighted by Gasteiger charge is -2.41. The number of methoxy groups -OCH3 is 2. The lowest BCUT2D eigenvalue weighted by molar-refractivity contribution is -0.139. The number of carboxylic acid groups (broad SMARTS) is 1. The third-order valence-electron chi connectivity index (χ3n) is 10.2. The second kappa shape index (κ2) is 15.0. The van der Waals surface area contributed by atoms with Crippen LogP contribution in [0.3, 0.4) is 0 Å². The Labute approximate surface area is 299 Å². The van der Waals surface area contributed by atoms with Crippen molar-refractivity contribution in [3.05, 3.63) is 128 Å². The van der Waals surface area contributed by atoms with E-state index in [4.69, 9.17) is 23.4 Å². The number of carbonyl (C=O) groups is 1. The number of benzene rings is 3. The van der Waals surface area contributed by atoms with E-state index in [-0.39, 0.29) is 18.1 Å². The molecule has 0 amide bonds. The van der Waals surface area contributed by atoms with Crippen molar-refractivity contribution >= 4 is 14.3 Å². The molecule has 0 aliphatic carbocycles. The highest BCUT2D eigenvalue weighted by Gasteiger charge is 2.52. The fraction of sp³-hybridized carbons (Fsp3) is 0.410. The van der Waals surface area contributed by atoms with Gasteiger partial charge in [0.05, 0.1) is 39.5 Å². The monoisotopic (exact) mass is 716 g/mol. The third-order valence-corrected chi connectivity index (χ3v) is 14.7. The number of hydrogen-bond donors (Lipinski definition) is 2. The molecule has 1 fully saturated rings. The van der Waals surface area contributed by atoms with E-state index >= 15 is 0 Å². The Morgan fingerprint density at radius 1 is 0.882 bits per heavy atom. The molecule has 0 bridgehead atoms. The highest BCUT2D eigenvalue weighted by molar-refractivity contribution is 6.74. The lowest BCUT2D eigenvalue weighted by atomic mass is 9.80. The summed E-state index contributed by atoms with van der Waals surface area (Å²) in [6.07, 6.45) is -1.57. The number of nitrogens with zero attached hydrogens (tertiary/aromatic N) is 1. The number of hydrogen-bond acceptors (Lipinski definition) is 8. The van der Waals surface area contributed by atoms with Gasteiger partial charge in [-0.3, -0.25) is 19.1 Å². The molecule has 11 nitrogen and oxygen atoms in total. The van der Waals surface area contributed by atoms with Gasteiger partial charge < -0.3 is 28.5 Å². The van der Waals surface area contributed by atoms with Crippen LogP contribution in [0.2, 0.25) is 18.1 Å². The van der Waals surface area contributed by atoms with Gasteiger partial charge in [-0.25, -0.2) is 4.79 Å². The van der Waals surface area contributed by atoms with Crippen LogP contribution in [-0.2, 0) is 24.3 Å². The van der Waals surface area contributed by atoms with Gasteiger partial charge in [0.1, 0.15) is 17.1 Å². The summed E-state index contributed by atoms with van der Waals surface area (Å²) in [5.41, 5.74) is 0.342. The van der Waals surface area contributed by atoms with E-state index in [9.17, 15) is 19.5 Å². The van der Waals surface area contributed by atoms with E-state index in [1.165, 1.54) is 10.8 Å². The highest BCUT2D eigenvalue weighted by Crippen LogP contribution is 2.47. The number of nitrogens with one attached hydrogen (secondary N) is 1. The average molecular weight is 717 g/mol. The maximum Gasteiger partial charge on any atom is 0.330 e. The fourth-order valence-electron chi connectivity index (χ4n) is 6.34. The normalized spacial score (nSPS) is 19.5. The van der Waals surface area contributed by atoms with Crippen molar-refractivity contribution in [2.24, 2.45) is 5.92 Å². The number of aliphatic carboxylic acids is 1. The fourth-order valence-corrected chi connectivity index (χ4v) is 7.66. The van der Waals surface area contributed by atoms with Gasteiger partial charge >= 0.3 is 11.7 Å². The summed E-state index contributed by atoms with van der Waals surface area (Å²) in [5.74, 6) is -0.416. The van der Waals surface area contributed by atoms with E-state index < -0.39 is 55.5 Å². The molecule has 1 aliphatic rings. The Kier molecular flexibility index (Phi) is 11.1. The van der Waals surface area contributed by atoms with Crippen molar-refractivity contribution in [3.63, 3.8) is 0 Å². The zero-order valence-electron chi connectivity index (χ0n) is 30.5. The maximum atomic E-state index is 13.3. The molecule has 1 saturated heterocycles. The van der Waals surface area contributed by atoms with Gasteiger partial charge in [-0.05, 0) is 66.0 Å². The summed E-state index contributed by atoms with van der Waals surface area (Å²) in [6, 6.07) is 25.0. The molecule has 12 heteroatoms. The van der Waals surface area contributed by atoms with Gasteiger partial charge in [-0.1, -0.05) is 75.4 Å². The molecule has 0 radical (unpaired) electrons. The largest absolute Gasteiger partial charge is 0.497 e. The van der Waals surface area contributed by atoms with Crippen LogP contribution in [0.1, 0.15) is 55.7 Å². The molecular formula is C39H48N2O9Si. The summed E-state index contributed by atoms with van der Waals surface area (Å²) in [4.78, 5) is 40.6. The first-order chi connectivity index (χ1) is 24.1. The first kappa shape index (κ1) is 37.8. The van der Waals surface area contributed by atoms with Gasteiger partial charge in [0.2, 0.25) is 0 Å². The average Bonchev–Trinajstić information content (AvgIpc) is 3.41. The van der Waals surface area contributed by atoms with Gasteiger partial charge in [0.25, 0.3) is 5.56 Å². The number of ether oxygens (including phenoxy) is 4. The predicted octanol–water partition coefficient (Wildman–Crippen LogP) is 6.25. The van der Waals surface area contributed by atoms with Gasteiger partial charge in [-0.2, -0.15) is 0 Å². The van der Waals surface area contributed by atoms with Crippen LogP contribution in [0.25, 0.3) is 0 Å². The summed E-state index contributed by atoms with van der Waals surface area (Å²) < 4.78 is 33.1. The number of carboxylic acids is 1. The SMILES string of the molecule is COc1ccc(C(OC[C@H]2O[C@@H](n3cc(C)c(=O)[nH]c3=O)[C@H](O[Si](C)(C)C(C)(C)C)[C@@H]2CC(=O)O)(c2ccccc2)c2ccc(OC)cc2)cc1. The Morgan fingerprint density at radius 2 is 1.41 bits per heavy atom. The minimum absolute atomic E-state index is 0.0736. The van der Waals surface area contributed by atoms with Gasteiger partial charge in [0.15, 0.2) is 14.5 Å². The molecule has 0 unspecified atom stereocenters. The molecule has 272 valence electrons. The minimum atomic E-state index is -2.57. The van der Waals surface area contributed by atoms with E-state index in [1.54, 1.807) is 21.1 Å². The second-order valence-corrected chi connectivity index (χ2v) is 19.2. The molecule has 3 aromatic carbocycles. The molecule has 0 spiro atoms. The summed E-state index contributed by atoms with van der Waals surface area (Å²) in [7, 11) is 0.640. The Morgan fingerprint density at radius 3 is 1.90 bits per heavy atom. The molecule has 1 aliphatic heterocycles. The summed E-state index contributed by atoms with van der Waals surface area (Å²) >= 11 is 0. The number of aryl methyl sites for hydroxylation is 1. The predicted molar refractivity (Wildman–Crippen MR) is 196 cm³/mol. The smallest absolute Gasteiger partial charge is 0.330 e. The third kappa shape index (κ3) is 7.74. The summed E-state index contributed by atoms with van der Waals surface area (Å²) in [5, 5.41) is 10.0. The van der Waals surface area contributed by atoms with E-state index in [1.807, 2.05) is 78.9 Å². The summed E-state index contributed by atoms with van der Waals surface area (Å²) in [6.45, 7) is 11.9. The molecule has 51 heavy (non-hydrogen) atoms. The van der Waals surface area contributed by atoms with Crippen molar-refractivity contribution in [2.75, 3.05) is 20.8 Å². The number of H-pyrrole nitrogens is 1. The molecule has 0 saturated carbocycles. The lowest BCUT2D eigenvalue weighted by Crippen LogP contribution is -2.48. The van der Waals surface area contributed by atoms with Gasteiger partial charge in [0, 0.05) is 17.7 Å². The van der Waals surface area contributed by atoms with Crippen molar-refractivity contribution in [1.82, 2.24) is 9.55 Å². The molecule has 4 atom stereocenters. The molecule has 2 heterocycles. The minimum Gasteiger partial charge on any atom is -0.497 e. The van der Waals surface area contributed by atoms with Crippen LogP contribution in [-0.4, -0.2) is 62.0 Å². The van der Waals surface area contributed by atoms with Crippen LogP contribution in [0.4, 0.5) is 0 Å². The number of aromatic amines is 1. The molecule has 5 rings (SSSR count). The Balaban J connectivity index is 1.67. The van der Waals surface area contributed by atoms with Crippen molar-refractivity contribution in [3.8, 4) is 11.5 Å². The quantitative estimate of drug-likeness (QED) is 0.122. The van der Waals surface area contributed by atoms with E-state index in [2.05, 4.69) is 38.8 Å². The zero-order chi connectivity index (χ0) is 37.1. The standard InChI is InChI=1S/C39H48N2O9Si/c1-25-23-41(37(45)40-35(25)44)36-34(50-51(7,8)38(2,3)4)31(22-33(42)43)32(49-36)24-48-39(26-12-10-9-11-13-26,27-14-18-29(46-5)19-15-27)28-16-20-30(47-6)21-17-28/h9-21,23,31-32,34,36H,22,24H2,1-8H3,(H,42,43)(H,40,44,45)/t31-,32-,34-,36-/m1/s1. The number of aromatic nitrogens is 2. The maximum absolute atomic E-state index is 13.3. The second-order valence-electron chi connectivity index (χ2n) is 14.5. The van der Waals surface area contributed by atoms with Crippen LogP contribution in [0, 0.1) is 12.8 Å². The topological polar surface area (TPSA) is 138 Å². The highest BCUT2D eigenvalue weighted by atomic mass is 28.4. The number of rotatable bonds is 13. The van der Waals surface area contributed by atoms with Crippen LogP contribution in [0.15, 0.2) is 94.6 Å². The first-order valence-electron chi connectivity index (χ1n) is 17.0. The Bertz CT molecular complexity index is 1870. The van der Waals surface area contributed by atoms with Crippen LogP contribution in [0.5, 0.6) is 11.5 Å². The Hall–Kier alpha value is -4.49. The van der Waals surface area contributed by atoms with Crippen molar-refractivity contribution < 1.29 is 33.3 Å².